The monoisotopic (exact) mass is 470 g/mol. The highest BCUT2D eigenvalue weighted by Gasteiger charge is 2.36. The van der Waals surface area contributed by atoms with Gasteiger partial charge in [-0.05, 0) is 92.4 Å². The van der Waals surface area contributed by atoms with Crippen LogP contribution in [0.4, 0.5) is 4.39 Å². The summed E-state index contributed by atoms with van der Waals surface area (Å²) in [5, 5.41) is 11.1. The van der Waals surface area contributed by atoms with E-state index in [2.05, 4.69) is 41.6 Å². The molecular formula is C27H23FN4OS. The molecule has 1 aromatic heterocycles. The van der Waals surface area contributed by atoms with Gasteiger partial charge in [-0.2, -0.15) is 4.99 Å². The van der Waals surface area contributed by atoms with Gasteiger partial charge < -0.3 is 4.57 Å². The molecule has 3 aromatic rings. The van der Waals surface area contributed by atoms with Crippen LogP contribution < -0.4 is 0 Å². The summed E-state index contributed by atoms with van der Waals surface area (Å²) in [4.78, 5) is 18.8. The summed E-state index contributed by atoms with van der Waals surface area (Å²) in [7, 11) is 0. The van der Waals surface area contributed by atoms with Crippen molar-refractivity contribution in [3.8, 4) is 5.69 Å². The average Bonchev–Trinajstić information content (AvgIpc) is 3.34. The second-order valence-corrected chi connectivity index (χ2v) is 9.36. The van der Waals surface area contributed by atoms with Crippen molar-refractivity contribution in [2.24, 2.45) is 4.99 Å². The van der Waals surface area contributed by atoms with Crippen LogP contribution >= 0.6 is 11.8 Å². The van der Waals surface area contributed by atoms with E-state index in [0.717, 1.165) is 33.8 Å². The molecule has 0 spiro atoms. The van der Waals surface area contributed by atoms with Gasteiger partial charge in [0, 0.05) is 22.5 Å². The molecule has 2 aliphatic heterocycles. The third-order valence-corrected chi connectivity index (χ3v) is 6.96. The number of rotatable bonds is 3. The van der Waals surface area contributed by atoms with Crippen LogP contribution in [0.5, 0.6) is 0 Å². The van der Waals surface area contributed by atoms with Crippen LogP contribution in [-0.4, -0.2) is 26.4 Å². The van der Waals surface area contributed by atoms with E-state index in [-0.39, 0.29) is 17.2 Å². The maximum absolute atomic E-state index is 13.4. The van der Waals surface area contributed by atoms with Gasteiger partial charge >= 0.3 is 0 Å². The quantitative estimate of drug-likeness (QED) is 0.467. The van der Waals surface area contributed by atoms with E-state index >= 15 is 0 Å². The number of nitrogens with one attached hydrogen (secondary N) is 1. The minimum atomic E-state index is -0.436. The van der Waals surface area contributed by atoms with Crippen molar-refractivity contribution in [2.45, 2.75) is 27.7 Å². The standard InChI is InChI=1S/C27H23FN4OS/c1-15-5-6-16(2)23(11-15)31-17(3)12-20(18(31)4)13-22-25(29)32-24(14-34-27(32)30-26(22)33)19-7-9-21(28)10-8-19/h5-14,29H,1-4H3. The Kier molecular flexibility index (Phi) is 5.37. The number of aliphatic imine (C=N–C) groups is 1. The Hall–Kier alpha value is -3.71. The molecule has 0 aliphatic carbocycles. The molecule has 0 bridgehead atoms. The van der Waals surface area contributed by atoms with Crippen molar-refractivity contribution < 1.29 is 9.18 Å². The lowest BCUT2D eigenvalue weighted by atomic mass is 10.1. The van der Waals surface area contributed by atoms with E-state index in [1.807, 2.05) is 25.3 Å². The second-order valence-electron chi connectivity index (χ2n) is 8.52. The zero-order valence-corrected chi connectivity index (χ0v) is 20.1. The number of hydrogen-bond donors (Lipinski definition) is 1. The first-order chi connectivity index (χ1) is 16.2. The molecular weight excluding hydrogens is 447 g/mol. The smallest absolute Gasteiger partial charge is 0.283 e. The predicted octanol–water partition coefficient (Wildman–Crippen LogP) is 6.15. The summed E-state index contributed by atoms with van der Waals surface area (Å²) in [6, 6.07) is 14.5. The van der Waals surface area contributed by atoms with Crippen LogP contribution in [0.2, 0.25) is 0 Å². The van der Waals surface area contributed by atoms with E-state index in [4.69, 9.17) is 5.41 Å². The minimum absolute atomic E-state index is 0.0621. The zero-order chi connectivity index (χ0) is 24.1. The SMILES string of the molecule is Cc1ccc(C)c(-n2c(C)cc(C=C3C(=N)N4C(c5ccc(F)cc5)=CSC4=NC3=O)c2C)c1. The van der Waals surface area contributed by atoms with Crippen LogP contribution in [-0.2, 0) is 4.79 Å². The fourth-order valence-corrected chi connectivity index (χ4v) is 5.24. The largest absolute Gasteiger partial charge is 0.318 e. The van der Waals surface area contributed by atoms with E-state index in [9.17, 15) is 9.18 Å². The highest BCUT2D eigenvalue weighted by atomic mass is 32.2. The van der Waals surface area contributed by atoms with Gasteiger partial charge in [-0.25, -0.2) is 4.39 Å². The summed E-state index contributed by atoms with van der Waals surface area (Å²) in [5.74, 6) is -0.700. The molecule has 0 unspecified atom stereocenters. The van der Waals surface area contributed by atoms with Gasteiger partial charge in [0.2, 0.25) is 0 Å². The molecule has 0 fully saturated rings. The molecule has 0 atom stereocenters. The van der Waals surface area contributed by atoms with E-state index in [1.54, 1.807) is 23.1 Å². The topological polar surface area (TPSA) is 61.5 Å². The van der Waals surface area contributed by atoms with Crippen molar-refractivity contribution in [1.82, 2.24) is 9.47 Å². The van der Waals surface area contributed by atoms with Crippen LogP contribution in [0.1, 0.15) is 33.6 Å². The minimum Gasteiger partial charge on any atom is -0.318 e. The predicted molar refractivity (Wildman–Crippen MR) is 137 cm³/mol. The van der Waals surface area contributed by atoms with E-state index in [0.29, 0.717) is 10.9 Å². The zero-order valence-electron chi connectivity index (χ0n) is 19.3. The second kappa shape index (κ2) is 8.25. The van der Waals surface area contributed by atoms with Crippen LogP contribution in [0.25, 0.3) is 17.5 Å². The maximum Gasteiger partial charge on any atom is 0.283 e. The average molecular weight is 471 g/mol. The molecule has 34 heavy (non-hydrogen) atoms. The van der Waals surface area contributed by atoms with E-state index in [1.165, 1.54) is 29.5 Å². The van der Waals surface area contributed by atoms with Gasteiger partial charge in [-0.15, -0.1) is 0 Å². The number of aryl methyl sites for hydroxylation is 3. The molecule has 170 valence electrons. The van der Waals surface area contributed by atoms with Gasteiger partial charge in [-0.1, -0.05) is 23.9 Å². The number of nitrogens with zero attached hydrogens (tertiary/aromatic N) is 3. The molecule has 0 radical (unpaired) electrons. The van der Waals surface area contributed by atoms with Crippen molar-refractivity contribution in [1.29, 1.82) is 5.41 Å². The number of benzene rings is 2. The van der Waals surface area contributed by atoms with Crippen molar-refractivity contribution >= 4 is 40.4 Å². The molecule has 2 aromatic carbocycles. The Labute approximate surface area is 201 Å². The van der Waals surface area contributed by atoms with Crippen LogP contribution in [0, 0.1) is 38.9 Å². The molecule has 3 heterocycles. The molecule has 0 saturated carbocycles. The first-order valence-electron chi connectivity index (χ1n) is 10.9. The van der Waals surface area contributed by atoms with Crippen molar-refractivity contribution in [3.63, 3.8) is 0 Å². The van der Waals surface area contributed by atoms with Gasteiger partial charge in [0.05, 0.1) is 11.3 Å². The fraction of sp³-hybridized carbons (Fsp3) is 0.148. The summed E-state index contributed by atoms with van der Waals surface area (Å²) in [6.45, 7) is 8.20. The Morgan fingerprint density at radius 1 is 1.03 bits per heavy atom. The molecule has 0 saturated heterocycles. The number of amides is 1. The molecule has 5 rings (SSSR count). The number of hydrogen-bond acceptors (Lipinski definition) is 3. The van der Waals surface area contributed by atoms with Gasteiger partial charge in [0.15, 0.2) is 5.17 Å². The lowest BCUT2D eigenvalue weighted by molar-refractivity contribution is -0.114. The van der Waals surface area contributed by atoms with Crippen LogP contribution in [0.3, 0.4) is 0 Å². The van der Waals surface area contributed by atoms with Crippen molar-refractivity contribution in [2.75, 3.05) is 0 Å². The lowest BCUT2D eigenvalue weighted by Crippen LogP contribution is -2.38. The number of carbonyl (C=O) groups excluding carboxylic acids is 1. The normalized spacial score (nSPS) is 16.7. The number of aromatic nitrogens is 1. The molecule has 1 N–H and O–H groups in total. The van der Waals surface area contributed by atoms with Gasteiger partial charge in [0.25, 0.3) is 5.91 Å². The Morgan fingerprint density at radius 2 is 1.76 bits per heavy atom. The summed E-state index contributed by atoms with van der Waals surface area (Å²) in [6.07, 6.45) is 1.75. The highest BCUT2D eigenvalue weighted by Crippen LogP contribution is 2.37. The molecule has 5 nitrogen and oxygen atoms in total. The van der Waals surface area contributed by atoms with Crippen molar-refractivity contribution in [3.05, 3.63) is 99.0 Å². The third kappa shape index (κ3) is 3.62. The maximum atomic E-state index is 13.4. The first kappa shape index (κ1) is 22.1. The first-order valence-corrected chi connectivity index (χ1v) is 11.8. The fourth-order valence-electron chi connectivity index (χ4n) is 4.35. The summed E-state index contributed by atoms with van der Waals surface area (Å²) < 4.78 is 15.6. The van der Waals surface area contributed by atoms with Gasteiger partial charge in [0.1, 0.15) is 11.7 Å². The van der Waals surface area contributed by atoms with Crippen LogP contribution in [0.15, 0.2) is 64.5 Å². The number of thioether (sulfide) groups is 1. The Morgan fingerprint density at radius 3 is 2.50 bits per heavy atom. The third-order valence-electron chi connectivity index (χ3n) is 6.13. The molecule has 2 aliphatic rings. The van der Waals surface area contributed by atoms with Gasteiger partial charge in [-0.3, -0.25) is 15.1 Å². The number of carbonyl (C=O) groups is 1. The lowest BCUT2D eigenvalue weighted by Gasteiger charge is -2.27. The Balaban J connectivity index is 1.56. The Bertz CT molecular complexity index is 1460. The summed E-state index contributed by atoms with van der Waals surface area (Å²) >= 11 is 1.29. The molecule has 1 amide bonds. The summed E-state index contributed by atoms with van der Waals surface area (Å²) in [5.41, 5.74) is 8.00. The number of halogens is 1. The number of fused-ring (bicyclic) bond motifs is 1. The number of amidine groups is 2. The highest BCUT2D eigenvalue weighted by molar-refractivity contribution is 8.17. The molecule has 7 heteroatoms. The van der Waals surface area contributed by atoms with E-state index < -0.39 is 5.91 Å².